The summed E-state index contributed by atoms with van der Waals surface area (Å²) in [7, 11) is 0. The predicted molar refractivity (Wildman–Crippen MR) is 191 cm³/mol. The number of hydrogen-bond donors (Lipinski definition) is 2. The second-order valence-electron chi connectivity index (χ2n) is 13.6. The van der Waals surface area contributed by atoms with Gasteiger partial charge in [-0.1, -0.05) is 194 Å². The Bertz CT molecular complexity index is 749. The van der Waals surface area contributed by atoms with Gasteiger partial charge in [0.1, 0.15) is 11.1 Å². The molecule has 0 unspecified atom stereocenters. The third-order valence-corrected chi connectivity index (χ3v) is 9.25. The Morgan fingerprint density at radius 3 is 0.652 bits per heavy atom. The van der Waals surface area contributed by atoms with Crippen molar-refractivity contribution in [1.29, 1.82) is 0 Å². The summed E-state index contributed by atoms with van der Waals surface area (Å²) in [5.74, 6) is -4.73. The molecule has 0 aliphatic rings. The quantitative estimate of drug-likeness (QED) is 0.0303. The minimum atomic E-state index is -1.62. The van der Waals surface area contributed by atoms with E-state index in [4.69, 9.17) is 0 Å². The first kappa shape index (κ1) is 44.0. The number of ketones is 2. The molecule has 0 bridgehead atoms. The van der Waals surface area contributed by atoms with Gasteiger partial charge in [0.25, 0.3) is 0 Å². The van der Waals surface area contributed by atoms with E-state index in [2.05, 4.69) is 13.8 Å². The normalized spacial score (nSPS) is 11.9. The molecular formula is C40H72O6. The molecule has 0 aliphatic heterocycles. The molecule has 268 valence electrons. The lowest BCUT2D eigenvalue weighted by molar-refractivity contribution is -0.139. The molecule has 0 saturated heterocycles. The Morgan fingerprint density at radius 2 is 0.478 bits per heavy atom. The van der Waals surface area contributed by atoms with E-state index in [1.54, 1.807) is 0 Å². The molecule has 6 nitrogen and oxygen atoms in total. The maximum absolute atomic E-state index is 12.7. The number of rotatable bonds is 36. The standard InChI is InChI=1S/C40H72O6/c1-3-5-7-9-11-13-15-17-19-21-23-25-27-29-31-33-35(41)37(39(43)44)38(40(45)46)36(42)34-32-30-28-26-24-22-20-18-16-14-12-10-8-6-4-2/h3-34H2,1-2H3,(H,43,44)(H,45,46)/b38-37-. The third kappa shape index (κ3) is 26.1. The van der Waals surface area contributed by atoms with Crippen molar-refractivity contribution in [3.05, 3.63) is 11.1 Å². The zero-order chi connectivity index (χ0) is 34.1. The van der Waals surface area contributed by atoms with Gasteiger partial charge in [0.15, 0.2) is 11.6 Å². The second-order valence-corrected chi connectivity index (χ2v) is 13.6. The summed E-state index contributed by atoms with van der Waals surface area (Å²) in [6.45, 7) is 4.49. The molecular weight excluding hydrogens is 576 g/mol. The van der Waals surface area contributed by atoms with Crippen molar-refractivity contribution in [1.82, 2.24) is 0 Å². The predicted octanol–water partition coefficient (Wildman–Crippen LogP) is 12.1. The van der Waals surface area contributed by atoms with Gasteiger partial charge in [0.2, 0.25) is 0 Å². The first-order valence-electron chi connectivity index (χ1n) is 19.6. The first-order chi connectivity index (χ1) is 22.4. The average molecular weight is 649 g/mol. The number of hydrogen-bond acceptors (Lipinski definition) is 4. The number of carbonyl (C=O) groups excluding carboxylic acids is 2. The van der Waals surface area contributed by atoms with Crippen LogP contribution in [0, 0.1) is 0 Å². The van der Waals surface area contributed by atoms with Gasteiger partial charge in [0, 0.05) is 12.8 Å². The Balaban J connectivity index is 4.14. The smallest absolute Gasteiger partial charge is 0.340 e. The Hall–Kier alpha value is -1.98. The van der Waals surface area contributed by atoms with Gasteiger partial charge < -0.3 is 10.2 Å². The van der Waals surface area contributed by atoms with Crippen molar-refractivity contribution < 1.29 is 29.4 Å². The Kier molecular flexibility index (Phi) is 31.5. The van der Waals surface area contributed by atoms with Crippen molar-refractivity contribution in [2.45, 2.75) is 219 Å². The van der Waals surface area contributed by atoms with Gasteiger partial charge >= 0.3 is 11.9 Å². The highest BCUT2D eigenvalue weighted by atomic mass is 16.4. The van der Waals surface area contributed by atoms with Gasteiger partial charge in [0.05, 0.1) is 0 Å². The molecule has 0 spiro atoms. The lowest BCUT2D eigenvalue weighted by Gasteiger charge is -2.08. The van der Waals surface area contributed by atoms with Crippen LogP contribution in [0.15, 0.2) is 11.1 Å². The second kappa shape index (κ2) is 32.9. The maximum Gasteiger partial charge on any atom is 0.340 e. The molecule has 0 aromatic rings. The topological polar surface area (TPSA) is 109 Å². The molecule has 6 heteroatoms. The molecule has 0 aromatic heterocycles. The SMILES string of the molecule is CCCCCCCCCCCCCCCCCC(=O)/C(C(=O)O)=C(/C(=O)O)C(=O)CCCCCCCCCCCCCCCCC. The molecule has 0 amide bonds. The van der Waals surface area contributed by atoms with E-state index in [1.807, 2.05) is 0 Å². The van der Waals surface area contributed by atoms with E-state index in [9.17, 15) is 29.4 Å². The van der Waals surface area contributed by atoms with Crippen molar-refractivity contribution in [2.24, 2.45) is 0 Å². The monoisotopic (exact) mass is 649 g/mol. The Labute approximate surface area is 283 Å². The summed E-state index contributed by atoms with van der Waals surface area (Å²) < 4.78 is 0. The van der Waals surface area contributed by atoms with E-state index in [0.717, 1.165) is 38.5 Å². The summed E-state index contributed by atoms with van der Waals surface area (Å²) >= 11 is 0. The lowest BCUT2D eigenvalue weighted by Crippen LogP contribution is -2.23. The molecule has 0 radical (unpaired) electrons. The van der Waals surface area contributed by atoms with Crippen LogP contribution in [0.1, 0.15) is 219 Å². The number of aliphatic carboxylic acids is 2. The van der Waals surface area contributed by atoms with Crippen LogP contribution >= 0.6 is 0 Å². The number of carboxylic acids is 2. The zero-order valence-electron chi connectivity index (χ0n) is 30.2. The van der Waals surface area contributed by atoms with Gasteiger partial charge in [-0.3, -0.25) is 9.59 Å². The highest BCUT2D eigenvalue weighted by Gasteiger charge is 2.30. The van der Waals surface area contributed by atoms with Gasteiger partial charge in [-0.25, -0.2) is 9.59 Å². The number of Topliss-reactive ketones (excluding diaryl/α,β-unsaturated/α-hetero) is 2. The van der Waals surface area contributed by atoms with Crippen molar-refractivity contribution in [3.8, 4) is 0 Å². The maximum atomic E-state index is 12.7. The molecule has 46 heavy (non-hydrogen) atoms. The van der Waals surface area contributed by atoms with Crippen molar-refractivity contribution in [3.63, 3.8) is 0 Å². The fraction of sp³-hybridized carbons (Fsp3) is 0.850. The van der Waals surface area contributed by atoms with Crippen LogP contribution in [-0.4, -0.2) is 33.7 Å². The molecule has 2 N–H and O–H groups in total. The van der Waals surface area contributed by atoms with E-state index < -0.39 is 34.7 Å². The third-order valence-electron chi connectivity index (χ3n) is 9.25. The van der Waals surface area contributed by atoms with E-state index in [-0.39, 0.29) is 12.8 Å². The van der Waals surface area contributed by atoms with Crippen molar-refractivity contribution >= 4 is 23.5 Å². The fourth-order valence-corrected chi connectivity index (χ4v) is 6.29. The van der Waals surface area contributed by atoms with E-state index >= 15 is 0 Å². The highest BCUT2D eigenvalue weighted by molar-refractivity contribution is 6.30. The van der Waals surface area contributed by atoms with Crippen LogP contribution < -0.4 is 0 Å². The number of carbonyl (C=O) groups is 4. The summed E-state index contributed by atoms with van der Waals surface area (Å²) in [4.78, 5) is 49.2. The van der Waals surface area contributed by atoms with E-state index in [0.29, 0.717) is 12.8 Å². The summed E-state index contributed by atoms with van der Waals surface area (Å²) in [5, 5.41) is 19.3. The minimum absolute atomic E-state index is 0.0388. The summed E-state index contributed by atoms with van der Waals surface area (Å²) in [5.41, 5.74) is -1.69. The molecule has 0 rings (SSSR count). The van der Waals surface area contributed by atoms with Crippen LogP contribution in [0.2, 0.25) is 0 Å². The average Bonchev–Trinajstić information content (AvgIpc) is 3.02. The largest absolute Gasteiger partial charge is 0.478 e. The minimum Gasteiger partial charge on any atom is -0.478 e. The molecule has 0 aliphatic carbocycles. The summed E-state index contributed by atoms with van der Waals surface area (Å²) in [6, 6.07) is 0. The lowest BCUT2D eigenvalue weighted by atomic mass is 9.94. The number of unbranched alkanes of at least 4 members (excludes halogenated alkanes) is 28. The van der Waals surface area contributed by atoms with E-state index in [1.165, 1.54) is 141 Å². The van der Waals surface area contributed by atoms with Crippen LogP contribution in [0.25, 0.3) is 0 Å². The van der Waals surface area contributed by atoms with Crippen LogP contribution in [0.5, 0.6) is 0 Å². The summed E-state index contributed by atoms with van der Waals surface area (Å²) in [6.07, 6.45) is 35.4. The number of carboxylic acid groups (broad SMARTS) is 2. The van der Waals surface area contributed by atoms with Crippen LogP contribution in [0.4, 0.5) is 0 Å². The zero-order valence-corrected chi connectivity index (χ0v) is 30.2. The van der Waals surface area contributed by atoms with Gasteiger partial charge in [-0.05, 0) is 12.8 Å². The van der Waals surface area contributed by atoms with Crippen LogP contribution in [0.3, 0.4) is 0 Å². The highest BCUT2D eigenvalue weighted by Crippen LogP contribution is 2.19. The van der Waals surface area contributed by atoms with Crippen LogP contribution in [-0.2, 0) is 19.2 Å². The molecule has 0 saturated carbocycles. The molecule has 0 heterocycles. The fourth-order valence-electron chi connectivity index (χ4n) is 6.29. The van der Waals surface area contributed by atoms with Gasteiger partial charge in [-0.15, -0.1) is 0 Å². The van der Waals surface area contributed by atoms with Gasteiger partial charge in [-0.2, -0.15) is 0 Å². The first-order valence-corrected chi connectivity index (χ1v) is 19.6. The van der Waals surface area contributed by atoms with Crippen molar-refractivity contribution in [2.75, 3.05) is 0 Å². The molecule has 0 aromatic carbocycles. The molecule has 0 atom stereocenters. The Morgan fingerprint density at radius 1 is 0.304 bits per heavy atom. The molecule has 0 fully saturated rings.